The minimum atomic E-state index is -0.215. The summed E-state index contributed by atoms with van der Waals surface area (Å²) in [6.07, 6.45) is 0.852. The highest BCUT2D eigenvalue weighted by Gasteiger charge is 1.99. The molecule has 0 radical (unpaired) electrons. The summed E-state index contributed by atoms with van der Waals surface area (Å²) in [6.45, 7) is 4.05. The van der Waals surface area contributed by atoms with Crippen molar-refractivity contribution in [2.75, 3.05) is 33.9 Å². The quantitative estimate of drug-likeness (QED) is 0.330. The van der Waals surface area contributed by atoms with E-state index in [1.165, 1.54) is 0 Å². The van der Waals surface area contributed by atoms with Gasteiger partial charge >= 0.3 is 0 Å². The summed E-state index contributed by atoms with van der Waals surface area (Å²) in [5.41, 5.74) is 0. The third-order valence-corrected chi connectivity index (χ3v) is 1.19. The minimum absolute atomic E-state index is 0.215. The number of quaternary nitrogens is 1. The van der Waals surface area contributed by atoms with Gasteiger partial charge in [-0.1, -0.05) is 0 Å². The Balaban J connectivity index is 3.04. The van der Waals surface area contributed by atoms with Gasteiger partial charge in [0.1, 0.15) is 0 Å². The zero-order valence-corrected chi connectivity index (χ0v) is 7.09. The smallest absolute Gasteiger partial charge is 0.0802 e. The van der Waals surface area contributed by atoms with Gasteiger partial charge in [0.25, 0.3) is 0 Å². The first-order valence-corrected chi connectivity index (χ1v) is 3.68. The molecule has 0 aliphatic carbocycles. The summed E-state index contributed by atoms with van der Waals surface area (Å²) >= 11 is 0. The van der Waals surface area contributed by atoms with Crippen molar-refractivity contribution in [3.8, 4) is 0 Å². The average molecular weight is 147 g/mol. The van der Waals surface area contributed by atoms with Gasteiger partial charge in [-0.2, -0.15) is 0 Å². The van der Waals surface area contributed by atoms with Crippen molar-refractivity contribution < 1.29 is 9.38 Å². The van der Waals surface area contributed by atoms with Crippen molar-refractivity contribution in [1.29, 1.82) is 0 Å². The van der Waals surface area contributed by atoms with Crippen LogP contribution in [0, 0.1) is 5.21 Å². The van der Waals surface area contributed by atoms with Crippen LogP contribution in [0.15, 0.2) is 0 Å². The molecule has 0 aromatic rings. The second kappa shape index (κ2) is 4.66. The first kappa shape index (κ1) is 9.88. The molecule has 0 spiro atoms. The van der Waals surface area contributed by atoms with Crippen molar-refractivity contribution in [3.05, 3.63) is 5.21 Å². The number of nitrogens with zero attached hydrogens (tertiary/aromatic N) is 1. The van der Waals surface area contributed by atoms with E-state index in [4.69, 9.17) is 4.74 Å². The van der Waals surface area contributed by atoms with Crippen molar-refractivity contribution in [3.63, 3.8) is 0 Å². The van der Waals surface area contributed by atoms with Crippen LogP contribution in [0.3, 0.4) is 0 Å². The van der Waals surface area contributed by atoms with Crippen LogP contribution < -0.4 is 0 Å². The minimum Gasteiger partial charge on any atom is -0.633 e. The fourth-order valence-electron chi connectivity index (χ4n) is 0.692. The molecule has 0 saturated heterocycles. The molecule has 0 atom stereocenters. The molecule has 0 heterocycles. The number of hydrogen-bond acceptors (Lipinski definition) is 2. The average Bonchev–Trinajstić information content (AvgIpc) is 1.78. The second-order valence-corrected chi connectivity index (χ2v) is 2.85. The van der Waals surface area contributed by atoms with Crippen LogP contribution in [0.1, 0.15) is 13.3 Å². The highest BCUT2D eigenvalue weighted by atomic mass is 16.5. The first-order valence-electron chi connectivity index (χ1n) is 3.68. The Hall–Kier alpha value is -0.120. The molecule has 0 unspecified atom stereocenters. The number of hydrogen-bond donors (Lipinski definition) is 0. The molecule has 0 aromatic carbocycles. The normalized spacial score (nSPS) is 12.0. The molecular weight excluding hydrogens is 130 g/mol. The van der Waals surface area contributed by atoms with Gasteiger partial charge in [-0.3, -0.25) is 0 Å². The first-order chi connectivity index (χ1) is 4.56. The van der Waals surface area contributed by atoms with E-state index < -0.39 is 0 Å². The third kappa shape index (κ3) is 7.88. The van der Waals surface area contributed by atoms with Gasteiger partial charge < -0.3 is 14.6 Å². The number of ether oxygens (including phenoxy) is 1. The molecular formula is C7H17NO2. The summed E-state index contributed by atoms with van der Waals surface area (Å²) in [6, 6.07) is 0. The number of rotatable bonds is 5. The summed E-state index contributed by atoms with van der Waals surface area (Å²) in [5, 5.41) is 10.9. The lowest BCUT2D eigenvalue weighted by Gasteiger charge is -2.33. The van der Waals surface area contributed by atoms with E-state index in [-0.39, 0.29) is 4.65 Å². The lowest BCUT2D eigenvalue weighted by atomic mass is 10.4. The molecule has 0 fully saturated rings. The van der Waals surface area contributed by atoms with E-state index in [1.807, 2.05) is 6.92 Å². The van der Waals surface area contributed by atoms with Crippen molar-refractivity contribution >= 4 is 0 Å². The molecule has 62 valence electrons. The van der Waals surface area contributed by atoms with E-state index >= 15 is 0 Å². The highest BCUT2D eigenvalue weighted by molar-refractivity contribution is 4.35. The summed E-state index contributed by atoms with van der Waals surface area (Å²) in [4.78, 5) is 0. The summed E-state index contributed by atoms with van der Waals surface area (Å²) in [5.74, 6) is 0. The standard InChI is InChI=1S/C7H17NO2/c1-4-10-7-5-6-8(2,3)9/h4-7H2,1-3H3. The molecule has 10 heavy (non-hydrogen) atoms. The van der Waals surface area contributed by atoms with Crippen LogP contribution in [-0.4, -0.2) is 38.5 Å². The Morgan fingerprint density at radius 1 is 1.40 bits per heavy atom. The van der Waals surface area contributed by atoms with Crippen LogP contribution >= 0.6 is 0 Å². The van der Waals surface area contributed by atoms with Crippen molar-refractivity contribution in [1.82, 2.24) is 0 Å². The topological polar surface area (TPSA) is 32.3 Å². The van der Waals surface area contributed by atoms with Gasteiger partial charge in [-0.15, -0.1) is 0 Å². The fraction of sp³-hybridized carbons (Fsp3) is 1.00. The van der Waals surface area contributed by atoms with Crippen LogP contribution in [0.2, 0.25) is 0 Å². The second-order valence-electron chi connectivity index (χ2n) is 2.85. The number of hydroxylamine groups is 3. The van der Waals surface area contributed by atoms with Gasteiger partial charge in [0.15, 0.2) is 0 Å². The predicted molar refractivity (Wildman–Crippen MR) is 41.5 cm³/mol. The van der Waals surface area contributed by atoms with Gasteiger partial charge in [0, 0.05) is 13.0 Å². The molecule has 0 amide bonds. The molecule has 0 aliphatic rings. The van der Waals surface area contributed by atoms with E-state index in [9.17, 15) is 5.21 Å². The Kier molecular flexibility index (Phi) is 4.60. The SMILES string of the molecule is CCOCCC[N+](C)(C)[O-]. The molecule has 3 heteroatoms. The monoisotopic (exact) mass is 147 g/mol. The van der Waals surface area contributed by atoms with Gasteiger partial charge in [-0.25, -0.2) is 0 Å². The third-order valence-electron chi connectivity index (χ3n) is 1.19. The van der Waals surface area contributed by atoms with Gasteiger partial charge in [-0.05, 0) is 6.92 Å². The zero-order chi connectivity index (χ0) is 8.04. The molecule has 3 nitrogen and oxygen atoms in total. The van der Waals surface area contributed by atoms with E-state index in [0.29, 0.717) is 13.2 Å². The van der Waals surface area contributed by atoms with Crippen LogP contribution in [-0.2, 0) is 4.74 Å². The lowest BCUT2D eigenvalue weighted by molar-refractivity contribution is -0.840. The Bertz CT molecular complexity index is 78.2. The van der Waals surface area contributed by atoms with Gasteiger partial charge in [0.05, 0.1) is 27.2 Å². The van der Waals surface area contributed by atoms with Crippen LogP contribution in [0.25, 0.3) is 0 Å². The Labute approximate surface area is 62.8 Å². The molecule has 0 aliphatic heterocycles. The van der Waals surface area contributed by atoms with Crippen molar-refractivity contribution in [2.24, 2.45) is 0 Å². The van der Waals surface area contributed by atoms with Crippen LogP contribution in [0.5, 0.6) is 0 Å². The summed E-state index contributed by atoms with van der Waals surface area (Å²) in [7, 11) is 3.29. The lowest BCUT2D eigenvalue weighted by Crippen LogP contribution is -2.33. The molecule has 0 aromatic heterocycles. The maximum absolute atomic E-state index is 10.9. The maximum atomic E-state index is 10.9. The van der Waals surface area contributed by atoms with E-state index in [1.54, 1.807) is 14.1 Å². The maximum Gasteiger partial charge on any atom is 0.0802 e. The zero-order valence-electron chi connectivity index (χ0n) is 7.09. The highest BCUT2D eigenvalue weighted by Crippen LogP contribution is 1.94. The van der Waals surface area contributed by atoms with E-state index in [2.05, 4.69) is 0 Å². The molecule has 0 bridgehead atoms. The predicted octanol–water partition coefficient (Wildman–Crippen LogP) is 0.987. The largest absolute Gasteiger partial charge is 0.633 e. The molecule has 0 saturated carbocycles. The summed E-state index contributed by atoms with van der Waals surface area (Å²) < 4.78 is 4.86. The van der Waals surface area contributed by atoms with Gasteiger partial charge in [0.2, 0.25) is 0 Å². The van der Waals surface area contributed by atoms with Crippen molar-refractivity contribution in [2.45, 2.75) is 13.3 Å². The van der Waals surface area contributed by atoms with Crippen LogP contribution in [0.4, 0.5) is 0 Å². The molecule has 0 N–H and O–H groups in total. The Morgan fingerprint density at radius 3 is 2.40 bits per heavy atom. The molecule has 0 rings (SSSR count). The van der Waals surface area contributed by atoms with E-state index in [0.717, 1.165) is 13.0 Å². The fourth-order valence-corrected chi connectivity index (χ4v) is 0.692. The Morgan fingerprint density at radius 2 is 2.00 bits per heavy atom.